The Morgan fingerprint density at radius 2 is 2.28 bits per heavy atom. The first kappa shape index (κ1) is 13.4. The summed E-state index contributed by atoms with van der Waals surface area (Å²) in [6.07, 6.45) is 5.16. The molecule has 0 bridgehead atoms. The minimum Gasteiger partial charge on any atom is -0.489 e. The van der Waals surface area contributed by atoms with E-state index in [0.717, 1.165) is 23.6 Å². The number of ether oxygens (including phenoxy) is 1. The number of nitrogens with zero attached hydrogens (tertiary/aromatic N) is 1. The van der Waals surface area contributed by atoms with E-state index in [4.69, 9.17) is 16.3 Å². The molecule has 98 valence electrons. The second-order valence-corrected chi connectivity index (χ2v) is 5.32. The molecule has 3 heteroatoms. The minimum atomic E-state index is 0.397. The van der Waals surface area contributed by atoms with Gasteiger partial charge in [-0.15, -0.1) is 0 Å². The molecule has 0 spiro atoms. The van der Waals surface area contributed by atoms with Crippen LogP contribution in [0.1, 0.15) is 30.0 Å². The van der Waals surface area contributed by atoms with Gasteiger partial charge in [-0.2, -0.15) is 0 Å². The van der Waals surface area contributed by atoms with Gasteiger partial charge in [0.05, 0.1) is 0 Å². The molecule has 0 saturated carbocycles. The van der Waals surface area contributed by atoms with Crippen molar-refractivity contribution in [2.75, 3.05) is 20.7 Å². The van der Waals surface area contributed by atoms with Crippen molar-refractivity contribution in [3.05, 3.63) is 40.9 Å². The molecule has 0 amide bonds. The fourth-order valence-corrected chi connectivity index (χ4v) is 2.95. The van der Waals surface area contributed by atoms with Gasteiger partial charge >= 0.3 is 0 Å². The Morgan fingerprint density at radius 3 is 2.94 bits per heavy atom. The summed E-state index contributed by atoms with van der Waals surface area (Å²) in [7, 11) is 4.21. The maximum atomic E-state index is 6.38. The summed E-state index contributed by atoms with van der Waals surface area (Å²) < 4.78 is 5.74. The molecule has 1 aromatic rings. The molecular formula is C15H20ClNO. The molecule has 1 unspecified atom stereocenters. The van der Waals surface area contributed by atoms with E-state index in [9.17, 15) is 0 Å². The van der Waals surface area contributed by atoms with Gasteiger partial charge in [-0.05, 0) is 51.1 Å². The van der Waals surface area contributed by atoms with Crippen LogP contribution in [0, 0.1) is 0 Å². The van der Waals surface area contributed by atoms with Crippen molar-refractivity contribution in [1.82, 2.24) is 4.90 Å². The summed E-state index contributed by atoms with van der Waals surface area (Å²) in [6.45, 7) is 4.23. The van der Waals surface area contributed by atoms with Gasteiger partial charge in [0.2, 0.25) is 0 Å². The molecule has 1 aliphatic rings. The highest BCUT2D eigenvalue weighted by molar-refractivity contribution is 6.31. The quantitative estimate of drug-likeness (QED) is 0.767. The van der Waals surface area contributed by atoms with Gasteiger partial charge in [-0.1, -0.05) is 24.3 Å². The van der Waals surface area contributed by atoms with Crippen LogP contribution in [0.15, 0.2) is 24.8 Å². The topological polar surface area (TPSA) is 12.5 Å². The van der Waals surface area contributed by atoms with E-state index in [1.54, 1.807) is 6.08 Å². The highest BCUT2D eigenvalue weighted by atomic mass is 35.5. The van der Waals surface area contributed by atoms with Crippen LogP contribution in [0.5, 0.6) is 5.75 Å². The zero-order valence-corrected chi connectivity index (χ0v) is 11.8. The monoisotopic (exact) mass is 265 g/mol. The molecule has 1 atom stereocenters. The molecule has 1 aliphatic carbocycles. The third-order valence-electron chi connectivity index (χ3n) is 3.48. The summed E-state index contributed by atoms with van der Waals surface area (Å²) in [4.78, 5) is 2.24. The lowest BCUT2D eigenvalue weighted by atomic mass is 9.86. The van der Waals surface area contributed by atoms with Crippen LogP contribution >= 0.6 is 11.6 Å². The first-order chi connectivity index (χ1) is 8.65. The molecule has 0 fully saturated rings. The molecule has 0 aliphatic heterocycles. The summed E-state index contributed by atoms with van der Waals surface area (Å²) in [5.74, 6) is 0.959. The molecule has 2 nitrogen and oxygen atoms in total. The van der Waals surface area contributed by atoms with E-state index in [-0.39, 0.29) is 0 Å². The van der Waals surface area contributed by atoms with E-state index in [1.165, 1.54) is 17.5 Å². The van der Waals surface area contributed by atoms with Gasteiger partial charge in [0.15, 0.2) is 0 Å². The van der Waals surface area contributed by atoms with Gasteiger partial charge in [0.25, 0.3) is 0 Å². The van der Waals surface area contributed by atoms with Crippen molar-refractivity contribution < 1.29 is 4.74 Å². The zero-order valence-electron chi connectivity index (χ0n) is 11.1. The molecule has 2 rings (SSSR count). The molecule has 0 radical (unpaired) electrons. The van der Waals surface area contributed by atoms with E-state index in [0.29, 0.717) is 12.6 Å². The number of hydrogen-bond acceptors (Lipinski definition) is 2. The van der Waals surface area contributed by atoms with Crippen molar-refractivity contribution >= 4 is 11.6 Å². The van der Waals surface area contributed by atoms with Gasteiger partial charge in [-0.3, -0.25) is 0 Å². The van der Waals surface area contributed by atoms with E-state index in [2.05, 4.69) is 25.6 Å². The maximum Gasteiger partial charge on any atom is 0.123 e. The van der Waals surface area contributed by atoms with Crippen LogP contribution in [-0.4, -0.2) is 25.6 Å². The Kier molecular flexibility index (Phi) is 4.31. The van der Waals surface area contributed by atoms with E-state index in [1.807, 2.05) is 12.1 Å². The Hall–Kier alpha value is -0.990. The van der Waals surface area contributed by atoms with Crippen molar-refractivity contribution in [3.8, 4) is 5.75 Å². The van der Waals surface area contributed by atoms with Crippen LogP contribution in [-0.2, 0) is 6.42 Å². The van der Waals surface area contributed by atoms with Crippen molar-refractivity contribution in [2.45, 2.75) is 25.3 Å². The number of fused-ring (bicyclic) bond motifs is 1. The van der Waals surface area contributed by atoms with Crippen LogP contribution in [0.25, 0.3) is 0 Å². The predicted molar refractivity (Wildman–Crippen MR) is 76.5 cm³/mol. The van der Waals surface area contributed by atoms with Gasteiger partial charge < -0.3 is 9.64 Å². The number of hydrogen-bond donors (Lipinski definition) is 0. The first-order valence-electron chi connectivity index (χ1n) is 6.36. The molecule has 1 aromatic carbocycles. The Morgan fingerprint density at radius 1 is 1.50 bits per heavy atom. The van der Waals surface area contributed by atoms with Crippen molar-refractivity contribution in [2.24, 2.45) is 0 Å². The first-order valence-corrected chi connectivity index (χ1v) is 6.74. The number of benzene rings is 1. The summed E-state index contributed by atoms with van der Waals surface area (Å²) in [5, 5.41) is 0.856. The van der Waals surface area contributed by atoms with Gasteiger partial charge in [0, 0.05) is 16.6 Å². The highest BCUT2D eigenvalue weighted by Crippen LogP contribution is 2.41. The van der Waals surface area contributed by atoms with Crippen LogP contribution < -0.4 is 4.74 Å². The predicted octanol–water partition coefficient (Wildman–Crippen LogP) is 3.84. The Bertz CT molecular complexity index is 442. The lowest BCUT2D eigenvalue weighted by molar-refractivity contribution is 0.264. The van der Waals surface area contributed by atoms with E-state index < -0.39 is 0 Å². The third-order valence-corrected chi connectivity index (χ3v) is 3.81. The van der Waals surface area contributed by atoms with Crippen molar-refractivity contribution in [1.29, 1.82) is 0 Å². The van der Waals surface area contributed by atoms with Gasteiger partial charge in [0.1, 0.15) is 12.4 Å². The molecule has 18 heavy (non-hydrogen) atoms. The molecule has 0 N–H and O–H groups in total. The largest absolute Gasteiger partial charge is 0.489 e. The number of halogens is 1. The second kappa shape index (κ2) is 5.77. The third kappa shape index (κ3) is 2.55. The zero-order chi connectivity index (χ0) is 13.1. The summed E-state index contributed by atoms with van der Waals surface area (Å²) in [5.41, 5.74) is 2.52. The smallest absolute Gasteiger partial charge is 0.123 e. The average molecular weight is 266 g/mol. The standard InChI is InChI=1S/C15H20ClNO/c1-4-10-18-14-9-8-12(16)15-11(14)6-5-7-13(15)17(2)3/h4,8-9,13H,1,5-7,10H2,2-3H3. The van der Waals surface area contributed by atoms with E-state index >= 15 is 0 Å². The minimum absolute atomic E-state index is 0.397. The lowest BCUT2D eigenvalue weighted by Crippen LogP contribution is -2.25. The summed E-state index contributed by atoms with van der Waals surface area (Å²) in [6, 6.07) is 4.32. The average Bonchev–Trinajstić information content (AvgIpc) is 2.37. The molecule has 0 aromatic heterocycles. The summed E-state index contributed by atoms with van der Waals surface area (Å²) >= 11 is 6.38. The lowest BCUT2D eigenvalue weighted by Gasteiger charge is -2.32. The van der Waals surface area contributed by atoms with Crippen LogP contribution in [0.3, 0.4) is 0 Å². The highest BCUT2D eigenvalue weighted by Gasteiger charge is 2.26. The van der Waals surface area contributed by atoms with Crippen LogP contribution in [0.2, 0.25) is 5.02 Å². The SMILES string of the molecule is C=CCOc1ccc(Cl)c2c1CCCC2N(C)C. The molecule has 0 heterocycles. The van der Waals surface area contributed by atoms with Crippen LogP contribution in [0.4, 0.5) is 0 Å². The second-order valence-electron chi connectivity index (χ2n) is 4.91. The molecular weight excluding hydrogens is 246 g/mol. The maximum absolute atomic E-state index is 6.38. The van der Waals surface area contributed by atoms with Crippen molar-refractivity contribution in [3.63, 3.8) is 0 Å². The molecule has 0 saturated heterocycles. The fraction of sp³-hybridized carbons (Fsp3) is 0.467. The normalized spacial score (nSPS) is 18.6. The number of rotatable bonds is 4. The Labute approximate surface area is 114 Å². The fourth-order valence-electron chi connectivity index (χ4n) is 2.65. The Balaban J connectivity index is 2.43. The van der Waals surface area contributed by atoms with Gasteiger partial charge in [-0.25, -0.2) is 0 Å².